The summed E-state index contributed by atoms with van der Waals surface area (Å²) in [6.45, 7) is 7.06. The van der Waals surface area contributed by atoms with Crippen LogP contribution >= 0.6 is 0 Å². The summed E-state index contributed by atoms with van der Waals surface area (Å²) in [7, 11) is 1.34. The zero-order valence-electron chi connectivity index (χ0n) is 16.5. The maximum absolute atomic E-state index is 12.4. The molecule has 1 heterocycles. The van der Waals surface area contributed by atoms with Crippen molar-refractivity contribution in [2.24, 2.45) is 0 Å². The van der Waals surface area contributed by atoms with Gasteiger partial charge in [0.15, 0.2) is 0 Å². The van der Waals surface area contributed by atoms with Gasteiger partial charge >= 0.3 is 5.97 Å². The Morgan fingerprint density at radius 3 is 2.43 bits per heavy atom. The average Bonchev–Trinajstić information content (AvgIpc) is 2.70. The van der Waals surface area contributed by atoms with Crippen LogP contribution in [0.5, 0.6) is 0 Å². The van der Waals surface area contributed by atoms with Gasteiger partial charge in [-0.05, 0) is 36.2 Å². The monoisotopic (exact) mass is 381 g/mol. The standard InChI is InChI=1S/C22H27N3O3/c1-17-6-3-4-7-19(17)15-24-10-12-25(13-11-24)16-21(26)23-20-9-5-8-18(14-20)22(27)28-2/h3-9,14H,10-13,15-16H2,1-2H3,(H,23,26). The fourth-order valence-corrected chi connectivity index (χ4v) is 3.38. The molecule has 1 fully saturated rings. The molecule has 1 amide bonds. The van der Waals surface area contributed by atoms with E-state index in [2.05, 4.69) is 46.3 Å². The molecule has 1 saturated heterocycles. The van der Waals surface area contributed by atoms with E-state index in [4.69, 9.17) is 4.74 Å². The molecule has 0 atom stereocenters. The second kappa shape index (κ2) is 9.48. The van der Waals surface area contributed by atoms with Gasteiger partial charge in [0.2, 0.25) is 5.91 Å². The Morgan fingerprint density at radius 1 is 1.00 bits per heavy atom. The summed E-state index contributed by atoms with van der Waals surface area (Å²) in [6.07, 6.45) is 0. The van der Waals surface area contributed by atoms with Gasteiger partial charge in [-0.25, -0.2) is 4.79 Å². The molecular weight excluding hydrogens is 354 g/mol. The highest BCUT2D eigenvalue weighted by molar-refractivity contribution is 5.95. The van der Waals surface area contributed by atoms with E-state index in [9.17, 15) is 9.59 Å². The summed E-state index contributed by atoms with van der Waals surface area (Å²) in [4.78, 5) is 28.6. The van der Waals surface area contributed by atoms with E-state index < -0.39 is 5.97 Å². The van der Waals surface area contributed by atoms with Crippen molar-refractivity contribution in [3.8, 4) is 0 Å². The van der Waals surface area contributed by atoms with Crippen LogP contribution in [0.3, 0.4) is 0 Å². The van der Waals surface area contributed by atoms with Crippen LogP contribution in [-0.2, 0) is 16.1 Å². The van der Waals surface area contributed by atoms with Crippen molar-refractivity contribution < 1.29 is 14.3 Å². The molecule has 0 spiro atoms. The number of anilines is 1. The number of hydrogen-bond acceptors (Lipinski definition) is 5. The maximum Gasteiger partial charge on any atom is 0.337 e. The molecule has 0 radical (unpaired) electrons. The van der Waals surface area contributed by atoms with Crippen LogP contribution in [-0.4, -0.2) is 61.5 Å². The second-order valence-electron chi connectivity index (χ2n) is 7.10. The summed E-state index contributed by atoms with van der Waals surface area (Å²) in [6, 6.07) is 15.3. The van der Waals surface area contributed by atoms with E-state index in [-0.39, 0.29) is 5.91 Å². The van der Waals surface area contributed by atoms with E-state index in [1.807, 2.05) is 0 Å². The van der Waals surface area contributed by atoms with Crippen LogP contribution in [0.2, 0.25) is 0 Å². The Hall–Kier alpha value is -2.70. The number of esters is 1. The molecule has 148 valence electrons. The number of carbonyl (C=O) groups excluding carboxylic acids is 2. The number of nitrogens with one attached hydrogen (secondary N) is 1. The summed E-state index contributed by atoms with van der Waals surface area (Å²) in [5.41, 5.74) is 3.70. The first kappa shape index (κ1) is 20.0. The van der Waals surface area contributed by atoms with Gasteiger partial charge in [0, 0.05) is 38.4 Å². The van der Waals surface area contributed by atoms with Crippen molar-refractivity contribution in [2.75, 3.05) is 45.2 Å². The van der Waals surface area contributed by atoms with Gasteiger partial charge < -0.3 is 10.1 Å². The number of amides is 1. The topological polar surface area (TPSA) is 61.9 Å². The molecule has 0 aromatic heterocycles. The van der Waals surface area contributed by atoms with Gasteiger partial charge in [-0.1, -0.05) is 30.3 Å². The van der Waals surface area contributed by atoms with E-state index in [1.54, 1.807) is 24.3 Å². The van der Waals surface area contributed by atoms with Crippen LogP contribution in [0, 0.1) is 6.92 Å². The third-order valence-electron chi connectivity index (χ3n) is 5.05. The first-order valence-electron chi connectivity index (χ1n) is 9.52. The zero-order chi connectivity index (χ0) is 19.9. The summed E-state index contributed by atoms with van der Waals surface area (Å²) >= 11 is 0. The Bertz CT molecular complexity index is 829. The fourth-order valence-electron chi connectivity index (χ4n) is 3.38. The van der Waals surface area contributed by atoms with Crippen molar-refractivity contribution in [1.82, 2.24) is 9.80 Å². The molecule has 0 saturated carbocycles. The van der Waals surface area contributed by atoms with Crippen molar-refractivity contribution in [1.29, 1.82) is 0 Å². The predicted molar refractivity (Wildman–Crippen MR) is 109 cm³/mol. The Morgan fingerprint density at radius 2 is 1.71 bits per heavy atom. The lowest BCUT2D eigenvalue weighted by Gasteiger charge is -2.34. The van der Waals surface area contributed by atoms with Gasteiger partial charge in [-0.2, -0.15) is 0 Å². The Labute approximate surface area is 166 Å². The molecule has 1 aliphatic heterocycles. The highest BCUT2D eigenvalue weighted by Gasteiger charge is 2.19. The molecule has 6 heteroatoms. The van der Waals surface area contributed by atoms with Crippen LogP contribution < -0.4 is 5.32 Å². The van der Waals surface area contributed by atoms with Gasteiger partial charge in [0.25, 0.3) is 0 Å². The third kappa shape index (κ3) is 5.41. The fraction of sp³-hybridized carbons (Fsp3) is 0.364. The molecule has 1 N–H and O–H groups in total. The smallest absolute Gasteiger partial charge is 0.337 e. The Balaban J connectivity index is 1.46. The average molecular weight is 381 g/mol. The zero-order valence-corrected chi connectivity index (χ0v) is 16.5. The molecule has 2 aromatic carbocycles. The summed E-state index contributed by atoms with van der Waals surface area (Å²) in [5.74, 6) is -0.491. The maximum atomic E-state index is 12.4. The number of nitrogens with zero attached hydrogens (tertiary/aromatic N) is 2. The molecule has 0 unspecified atom stereocenters. The summed E-state index contributed by atoms with van der Waals surface area (Å²) < 4.78 is 4.71. The molecular formula is C22H27N3O3. The van der Waals surface area contributed by atoms with Crippen molar-refractivity contribution in [2.45, 2.75) is 13.5 Å². The molecule has 0 bridgehead atoms. The van der Waals surface area contributed by atoms with Crippen molar-refractivity contribution in [3.63, 3.8) is 0 Å². The number of piperazine rings is 1. The highest BCUT2D eigenvalue weighted by Crippen LogP contribution is 2.14. The highest BCUT2D eigenvalue weighted by atomic mass is 16.5. The van der Waals surface area contributed by atoms with E-state index >= 15 is 0 Å². The number of ether oxygens (including phenoxy) is 1. The van der Waals surface area contributed by atoms with Crippen molar-refractivity contribution >= 4 is 17.6 Å². The first-order chi connectivity index (χ1) is 13.5. The van der Waals surface area contributed by atoms with Crippen LogP contribution in [0.25, 0.3) is 0 Å². The first-order valence-corrected chi connectivity index (χ1v) is 9.52. The lowest BCUT2D eigenvalue weighted by molar-refractivity contribution is -0.117. The van der Waals surface area contributed by atoms with Gasteiger partial charge in [-0.3, -0.25) is 14.6 Å². The van der Waals surface area contributed by atoms with E-state index in [0.717, 1.165) is 32.7 Å². The SMILES string of the molecule is COC(=O)c1cccc(NC(=O)CN2CCN(Cc3ccccc3C)CC2)c1. The number of aryl methyl sites for hydroxylation is 1. The number of rotatable bonds is 6. The largest absolute Gasteiger partial charge is 0.465 e. The second-order valence-corrected chi connectivity index (χ2v) is 7.10. The molecule has 0 aliphatic carbocycles. The third-order valence-corrected chi connectivity index (χ3v) is 5.05. The quantitative estimate of drug-likeness (QED) is 0.779. The lowest BCUT2D eigenvalue weighted by atomic mass is 10.1. The van der Waals surface area contributed by atoms with Crippen LogP contribution in [0.4, 0.5) is 5.69 Å². The minimum atomic E-state index is -0.416. The number of carbonyl (C=O) groups is 2. The molecule has 28 heavy (non-hydrogen) atoms. The number of benzene rings is 2. The minimum absolute atomic E-state index is 0.0747. The Kier molecular flexibility index (Phi) is 6.79. The van der Waals surface area contributed by atoms with E-state index in [1.165, 1.54) is 18.2 Å². The predicted octanol–water partition coefficient (Wildman–Crippen LogP) is 2.54. The number of methoxy groups -OCH3 is 1. The molecule has 3 rings (SSSR count). The van der Waals surface area contributed by atoms with Gasteiger partial charge in [0.05, 0.1) is 19.2 Å². The van der Waals surface area contributed by atoms with Gasteiger partial charge in [-0.15, -0.1) is 0 Å². The van der Waals surface area contributed by atoms with Crippen LogP contribution in [0.15, 0.2) is 48.5 Å². The lowest BCUT2D eigenvalue weighted by Crippen LogP contribution is -2.48. The molecule has 2 aromatic rings. The van der Waals surface area contributed by atoms with Crippen molar-refractivity contribution in [3.05, 3.63) is 65.2 Å². The summed E-state index contributed by atoms with van der Waals surface area (Å²) in [5, 5.41) is 2.87. The molecule has 1 aliphatic rings. The van der Waals surface area contributed by atoms with Gasteiger partial charge in [0.1, 0.15) is 0 Å². The molecule has 6 nitrogen and oxygen atoms in total. The minimum Gasteiger partial charge on any atom is -0.465 e. The number of hydrogen-bond donors (Lipinski definition) is 1. The van der Waals surface area contributed by atoms with Crippen LogP contribution in [0.1, 0.15) is 21.5 Å². The van der Waals surface area contributed by atoms with E-state index in [0.29, 0.717) is 17.8 Å². The normalized spacial score (nSPS) is 15.2.